The Morgan fingerprint density at radius 2 is 2.04 bits per heavy atom. The van der Waals surface area contributed by atoms with Gasteiger partial charge in [-0.05, 0) is 46.3 Å². The van der Waals surface area contributed by atoms with Gasteiger partial charge in [0.25, 0.3) is 11.8 Å². The zero-order valence-electron chi connectivity index (χ0n) is 12.8. The topological polar surface area (TPSA) is 58.6 Å². The first-order valence-corrected chi connectivity index (χ1v) is 8.42. The summed E-state index contributed by atoms with van der Waals surface area (Å²) >= 11 is 9.40. The molecule has 124 valence electrons. The molecule has 0 radical (unpaired) electrons. The highest BCUT2D eigenvalue weighted by Gasteiger charge is 2.34. The van der Waals surface area contributed by atoms with Crippen molar-refractivity contribution >= 4 is 45.0 Å². The van der Waals surface area contributed by atoms with Crippen molar-refractivity contribution in [2.24, 2.45) is 0 Å². The Labute approximate surface area is 152 Å². The molecule has 1 atom stereocenters. The molecule has 0 aromatic heterocycles. The summed E-state index contributed by atoms with van der Waals surface area (Å²) in [6.07, 6.45) is -0.771. The molecule has 0 fully saturated rings. The predicted molar refractivity (Wildman–Crippen MR) is 95.8 cm³/mol. The van der Waals surface area contributed by atoms with Crippen molar-refractivity contribution in [2.75, 3.05) is 18.5 Å². The number of hydrogen-bond acceptors (Lipinski definition) is 3. The molecule has 0 unspecified atom stereocenters. The molecule has 0 saturated heterocycles. The summed E-state index contributed by atoms with van der Waals surface area (Å²) in [5, 5.41) is 3.02. The number of carbonyl (C=O) groups is 2. The largest absolute Gasteiger partial charge is 0.477 e. The molecular formula is C17H14BrClN2O3. The number of nitrogens with zero attached hydrogens (tertiary/aromatic N) is 1. The van der Waals surface area contributed by atoms with Crippen LogP contribution in [-0.4, -0.2) is 31.5 Å². The van der Waals surface area contributed by atoms with Crippen LogP contribution in [0.25, 0.3) is 0 Å². The average Bonchev–Trinajstić information content (AvgIpc) is 2.61. The van der Waals surface area contributed by atoms with Crippen LogP contribution in [0.3, 0.4) is 0 Å². The maximum Gasteiger partial charge on any atom is 0.262 e. The third-order valence-corrected chi connectivity index (χ3v) is 4.64. The Kier molecular flexibility index (Phi) is 4.78. The van der Waals surface area contributed by atoms with E-state index in [1.165, 1.54) is 11.9 Å². The molecule has 2 aromatic carbocycles. The third kappa shape index (κ3) is 3.12. The molecule has 1 aliphatic rings. The summed E-state index contributed by atoms with van der Waals surface area (Å²) in [7, 11) is 1.53. The van der Waals surface area contributed by atoms with Crippen molar-refractivity contribution in [3.05, 3.63) is 57.5 Å². The van der Waals surface area contributed by atoms with Crippen molar-refractivity contribution in [1.29, 1.82) is 0 Å². The lowest BCUT2D eigenvalue weighted by Crippen LogP contribution is -2.50. The summed E-state index contributed by atoms with van der Waals surface area (Å²) in [6.45, 7) is 0.120. The molecule has 0 spiro atoms. The van der Waals surface area contributed by atoms with Gasteiger partial charge in [0.1, 0.15) is 5.75 Å². The molecule has 0 saturated carbocycles. The quantitative estimate of drug-likeness (QED) is 0.828. The van der Waals surface area contributed by atoms with E-state index in [-0.39, 0.29) is 18.4 Å². The highest BCUT2D eigenvalue weighted by atomic mass is 79.9. The van der Waals surface area contributed by atoms with Crippen LogP contribution in [0.5, 0.6) is 5.75 Å². The second-order valence-electron chi connectivity index (χ2n) is 5.23. The van der Waals surface area contributed by atoms with E-state index >= 15 is 0 Å². The van der Waals surface area contributed by atoms with E-state index in [0.717, 1.165) is 0 Å². The van der Waals surface area contributed by atoms with Gasteiger partial charge in [-0.2, -0.15) is 0 Å². The van der Waals surface area contributed by atoms with Gasteiger partial charge < -0.3 is 15.0 Å². The zero-order valence-corrected chi connectivity index (χ0v) is 15.1. The average molecular weight is 410 g/mol. The second-order valence-corrected chi connectivity index (χ2v) is 6.52. The fourth-order valence-electron chi connectivity index (χ4n) is 2.53. The number of benzene rings is 2. The van der Waals surface area contributed by atoms with Crippen LogP contribution >= 0.6 is 27.5 Å². The van der Waals surface area contributed by atoms with E-state index in [1.54, 1.807) is 36.4 Å². The Balaban J connectivity index is 2.03. The number of halogens is 2. The lowest BCUT2D eigenvalue weighted by Gasteiger charge is -2.34. The van der Waals surface area contributed by atoms with Gasteiger partial charge in [0.05, 0.1) is 17.8 Å². The molecule has 1 aliphatic heterocycles. The highest BCUT2D eigenvalue weighted by Crippen LogP contribution is 2.35. The van der Waals surface area contributed by atoms with Gasteiger partial charge >= 0.3 is 0 Å². The minimum atomic E-state index is -0.771. The van der Waals surface area contributed by atoms with Gasteiger partial charge in [-0.15, -0.1) is 0 Å². The fraction of sp³-hybridized carbons (Fsp3) is 0.176. The molecular weight excluding hydrogens is 396 g/mol. The summed E-state index contributed by atoms with van der Waals surface area (Å²) < 4.78 is 6.35. The smallest absolute Gasteiger partial charge is 0.262 e. The van der Waals surface area contributed by atoms with Crippen LogP contribution < -0.4 is 15.0 Å². The Morgan fingerprint density at radius 1 is 1.29 bits per heavy atom. The van der Waals surface area contributed by atoms with Crippen molar-refractivity contribution in [3.8, 4) is 5.75 Å². The molecule has 5 nitrogen and oxygen atoms in total. The third-order valence-electron chi connectivity index (χ3n) is 3.72. The van der Waals surface area contributed by atoms with Crippen LogP contribution in [0.1, 0.15) is 10.4 Å². The first kappa shape index (κ1) is 16.8. The van der Waals surface area contributed by atoms with Gasteiger partial charge in [-0.1, -0.05) is 23.7 Å². The minimum Gasteiger partial charge on any atom is -0.477 e. The number of ether oxygens (including phenoxy) is 1. The van der Waals surface area contributed by atoms with Gasteiger partial charge in [0.15, 0.2) is 6.10 Å². The molecule has 3 rings (SSSR count). The molecule has 2 aromatic rings. The Morgan fingerprint density at radius 3 is 2.79 bits per heavy atom. The Hall–Kier alpha value is -2.05. The monoisotopic (exact) mass is 408 g/mol. The number of likely N-dealkylation sites (N-methyl/N-ethyl adjacent to an activating group) is 1. The summed E-state index contributed by atoms with van der Waals surface area (Å²) in [4.78, 5) is 26.6. The van der Waals surface area contributed by atoms with Crippen molar-refractivity contribution in [2.45, 2.75) is 6.10 Å². The minimum absolute atomic E-state index is 0.120. The number of anilines is 1. The number of hydrogen-bond donors (Lipinski definition) is 1. The van der Waals surface area contributed by atoms with Gasteiger partial charge in [0.2, 0.25) is 0 Å². The first-order chi connectivity index (χ1) is 11.5. The Bertz CT molecular complexity index is 812. The standard InChI is InChI=1S/C17H14BrClN2O3/c1-20-16(22)15-9-21(13-4-2-3-5-14(13)24-15)17(23)11-8-10(19)6-7-12(11)18/h2-8,15H,9H2,1H3,(H,20,22)/t15-/m1/s1. The van der Waals surface area contributed by atoms with E-state index in [2.05, 4.69) is 21.2 Å². The maximum atomic E-state index is 13.0. The van der Waals surface area contributed by atoms with Gasteiger partial charge in [-0.3, -0.25) is 9.59 Å². The second kappa shape index (κ2) is 6.83. The van der Waals surface area contributed by atoms with Crippen LogP contribution in [0.2, 0.25) is 5.02 Å². The molecule has 1 heterocycles. The first-order valence-electron chi connectivity index (χ1n) is 7.25. The van der Waals surface area contributed by atoms with Crippen molar-refractivity contribution in [1.82, 2.24) is 5.32 Å². The van der Waals surface area contributed by atoms with E-state index in [0.29, 0.717) is 26.5 Å². The van der Waals surface area contributed by atoms with Crippen LogP contribution in [0.15, 0.2) is 46.9 Å². The zero-order chi connectivity index (χ0) is 17.3. The normalized spacial score (nSPS) is 16.1. The molecule has 7 heteroatoms. The lowest BCUT2D eigenvalue weighted by atomic mass is 10.1. The van der Waals surface area contributed by atoms with Gasteiger partial charge in [0, 0.05) is 16.5 Å². The number of fused-ring (bicyclic) bond motifs is 1. The summed E-state index contributed by atoms with van der Waals surface area (Å²) in [5.41, 5.74) is 1.05. The number of carbonyl (C=O) groups excluding carboxylic acids is 2. The van der Waals surface area contributed by atoms with Crippen LogP contribution in [0, 0.1) is 0 Å². The number of nitrogens with one attached hydrogen (secondary N) is 1. The number of para-hydroxylation sites is 2. The van der Waals surface area contributed by atoms with Gasteiger partial charge in [-0.25, -0.2) is 0 Å². The highest BCUT2D eigenvalue weighted by molar-refractivity contribution is 9.10. The maximum absolute atomic E-state index is 13.0. The van der Waals surface area contributed by atoms with E-state index in [9.17, 15) is 9.59 Å². The summed E-state index contributed by atoms with van der Waals surface area (Å²) in [5.74, 6) is -0.0506. The molecule has 2 amide bonds. The number of amides is 2. The number of rotatable bonds is 2. The fourth-order valence-corrected chi connectivity index (χ4v) is 3.12. The summed E-state index contributed by atoms with van der Waals surface area (Å²) in [6, 6.07) is 12.1. The molecule has 0 aliphatic carbocycles. The van der Waals surface area contributed by atoms with E-state index in [4.69, 9.17) is 16.3 Å². The van der Waals surface area contributed by atoms with Crippen molar-refractivity contribution < 1.29 is 14.3 Å². The molecule has 0 bridgehead atoms. The van der Waals surface area contributed by atoms with Crippen molar-refractivity contribution in [3.63, 3.8) is 0 Å². The molecule has 24 heavy (non-hydrogen) atoms. The SMILES string of the molecule is CNC(=O)[C@H]1CN(C(=O)c2cc(Cl)ccc2Br)c2ccccc2O1. The predicted octanol–water partition coefficient (Wildman–Crippen LogP) is 3.26. The van der Waals surface area contributed by atoms with Crippen LogP contribution in [-0.2, 0) is 4.79 Å². The van der Waals surface area contributed by atoms with E-state index in [1.807, 2.05) is 6.07 Å². The van der Waals surface area contributed by atoms with E-state index < -0.39 is 6.10 Å². The lowest BCUT2D eigenvalue weighted by molar-refractivity contribution is -0.127. The molecule has 1 N–H and O–H groups in total. The van der Waals surface area contributed by atoms with Crippen LogP contribution in [0.4, 0.5) is 5.69 Å².